The zero-order chi connectivity index (χ0) is 27.8. The monoisotopic (exact) mass is 516 g/mol. The Bertz CT molecular complexity index is 796. The van der Waals surface area contributed by atoms with Gasteiger partial charge in [-0.25, -0.2) is 4.79 Å². The van der Waals surface area contributed by atoms with Crippen LogP contribution in [0.5, 0.6) is 0 Å². The van der Waals surface area contributed by atoms with Crippen molar-refractivity contribution in [1.29, 1.82) is 0 Å². The van der Waals surface area contributed by atoms with E-state index < -0.39 is 54.5 Å². The number of amides is 3. The third-order valence-corrected chi connectivity index (χ3v) is 4.97. The van der Waals surface area contributed by atoms with Gasteiger partial charge in [-0.15, -0.1) is 0 Å². The molecule has 0 saturated heterocycles. The van der Waals surface area contributed by atoms with Crippen LogP contribution in [0.15, 0.2) is 9.98 Å². The minimum absolute atomic E-state index is 0.000509. The fourth-order valence-corrected chi connectivity index (χ4v) is 2.84. The SMILES string of the molecule is CC(C)C(N)C(=O)NC(CCCN=C(N)N)C(=O)NC(CO)C(=O)NC(CCCN=C(N)N)C(=O)O. The molecule has 206 valence electrons. The van der Waals surface area contributed by atoms with Gasteiger partial charge in [0.05, 0.1) is 12.6 Å². The second-order valence-electron chi connectivity index (χ2n) is 8.37. The van der Waals surface area contributed by atoms with Gasteiger partial charge >= 0.3 is 5.97 Å². The molecule has 0 heterocycles. The summed E-state index contributed by atoms with van der Waals surface area (Å²) in [6.07, 6.45) is 0.660. The van der Waals surface area contributed by atoms with E-state index >= 15 is 0 Å². The van der Waals surface area contributed by atoms with Crippen LogP contribution >= 0.6 is 0 Å². The highest BCUT2D eigenvalue weighted by Crippen LogP contribution is 2.04. The summed E-state index contributed by atoms with van der Waals surface area (Å²) in [6, 6.07) is -4.79. The summed E-state index contributed by atoms with van der Waals surface area (Å²) in [4.78, 5) is 56.9. The smallest absolute Gasteiger partial charge is 0.326 e. The number of guanidine groups is 2. The molecule has 0 aromatic carbocycles. The minimum atomic E-state index is -1.48. The normalized spacial score (nSPS) is 14.0. The Morgan fingerprint density at radius 1 is 0.750 bits per heavy atom. The van der Waals surface area contributed by atoms with Gasteiger partial charge in [-0.3, -0.25) is 24.4 Å². The maximum atomic E-state index is 12.9. The third kappa shape index (κ3) is 13.3. The highest BCUT2D eigenvalue weighted by atomic mass is 16.4. The maximum Gasteiger partial charge on any atom is 0.326 e. The minimum Gasteiger partial charge on any atom is -0.480 e. The molecule has 0 fully saturated rings. The lowest BCUT2D eigenvalue weighted by molar-refractivity contribution is -0.142. The zero-order valence-corrected chi connectivity index (χ0v) is 20.6. The van der Waals surface area contributed by atoms with E-state index in [1.54, 1.807) is 13.8 Å². The van der Waals surface area contributed by atoms with Crippen LogP contribution in [0.25, 0.3) is 0 Å². The summed E-state index contributed by atoms with van der Waals surface area (Å²) >= 11 is 0. The van der Waals surface area contributed by atoms with Gasteiger partial charge in [0.25, 0.3) is 0 Å². The van der Waals surface area contributed by atoms with Crippen molar-refractivity contribution in [2.24, 2.45) is 44.6 Å². The summed E-state index contributed by atoms with van der Waals surface area (Å²) in [7, 11) is 0. The summed E-state index contributed by atoms with van der Waals surface area (Å²) in [5.41, 5.74) is 26.8. The fourth-order valence-electron chi connectivity index (χ4n) is 2.84. The molecule has 0 aliphatic heterocycles. The molecule has 16 heteroatoms. The summed E-state index contributed by atoms with van der Waals surface area (Å²) < 4.78 is 0. The van der Waals surface area contributed by atoms with Gasteiger partial charge < -0.3 is 54.8 Å². The van der Waals surface area contributed by atoms with Crippen molar-refractivity contribution in [3.05, 3.63) is 0 Å². The van der Waals surface area contributed by atoms with Gasteiger partial charge in [-0.1, -0.05) is 13.8 Å². The zero-order valence-electron chi connectivity index (χ0n) is 20.6. The van der Waals surface area contributed by atoms with E-state index in [4.69, 9.17) is 28.7 Å². The lowest BCUT2D eigenvalue weighted by atomic mass is 10.0. The van der Waals surface area contributed by atoms with Crippen molar-refractivity contribution in [1.82, 2.24) is 16.0 Å². The molecule has 0 bridgehead atoms. The van der Waals surface area contributed by atoms with Gasteiger partial charge in [-0.2, -0.15) is 0 Å². The number of aliphatic hydroxyl groups excluding tert-OH is 1. The van der Waals surface area contributed by atoms with Crippen LogP contribution in [0.4, 0.5) is 0 Å². The van der Waals surface area contributed by atoms with E-state index in [9.17, 15) is 29.4 Å². The van der Waals surface area contributed by atoms with Crippen LogP contribution in [-0.2, 0) is 19.2 Å². The number of aliphatic hydroxyl groups is 1. The Labute approximate surface area is 209 Å². The molecule has 0 saturated carbocycles. The molecule has 16 nitrogen and oxygen atoms in total. The molecule has 4 unspecified atom stereocenters. The van der Waals surface area contributed by atoms with Crippen LogP contribution in [0.3, 0.4) is 0 Å². The van der Waals surface area contributed by atoms with Crippen molar-refractivity contribution < 1.29 is 29.4 Å². The summed E-state index contributed by atoms with van der Waals surface area (Å²) in [5.74, 6) is -4.09. The van der Waals surface area contributed by atoms with E-state index in [0.29, 0.717) is 6.42 Å². The molecule has 0 aromatic rings. The Kier molecular flexibility index (Phi) is 15.2. The third-order valence-electron chi connectivity index (χ3n) is 4.97. The Hall–Kier alpha value is -3.66. The number of aliphatic imine (C=N–C) groups is 2. The van der Waals surface area contributed by atoms with Crippen LogP contribution in [0.1, 0.15) is 39.5 Å². The molecular weight excluding hydrogens is 476 g/mol. The molecule has 15 N–H and O–H groups in total. The van der Waals surface area contributed by atoms with Gasteiger partial charge in [0.2, 0.25) is 17.7 Å². The first-order valence-corrected chi connectivity index (χ1v) is 11.4. The van der Waals surface area contributed by atoms with Gasteiger partial charge in [0, 0.05) is 13.1 Å². The van der Waals surface area contributed by atoms with Gasteiger partial charge in [0.1, 0.15) is 18.1 Å². The van der Waals surface area contributed by atoms with E-state index in [1.807, 2.05) is 0 Å². The average molecular weight is 517 g/mol. The Balaban J connectivity index is 5.31. The number of rotatable bonds is 17. The highest BCUT2D eigenvalue weighted by molar-refractivity contribution is 5.94. The van der Waals surface area contributed by atoms with Crippen LogP contribution < -0.4 is 44.6 Å². The first-order valence-electron chi connectivity index (χ1n) is 11.4. The number of hydrogen-bond acceptors (Lipinski definition) is 8. The molecule has 0 rings (SSSR count). The van der Waals surface area contributed by atoms with Crippen molar-refractivity contribution in [3.8, 4) is 0 Å². The number of nitrogens with two attached hydrogens (primary N) is 5. The largest absolute Gasteiger partial charge is 0.480 e. The second-order valence-corrected chi connectivity index (χ2v) is 8.37. The van der Waals surface area contributed by atoms with Crippen molar-refractivity contribution in [3.63, 3.8) is 0 Å². The lowest BCUT2D eigenvalue weighted by Crippen LogP contribution is -2.58. The first kappa shape index (κ1) is 32.3. The number of carboxylic acids is 1. The molecule has 4 atom stereocenters. The molecule has 3 amide bonds. The van der Waals surface area contributed by atoms with E-state index in [2.05, 4.69) is 25.9 Å². The van der Waals surface area contributed by atoms with Gasteiger partial charge in [0.15, 0.2) is 11.9 Å². The average Bonchev–Trinajstić information content (AvgIpc) is 2.79. The molecule has 0 aliphatic carbocycles. The fraction of sp³-hybridized carbons (Fsp3) is 0.700. The van der Waals surface area contributed by atoms with Crippen LogP contribution in [-0.4, -0.2) is 89.7 Å². The van der Waals surface area contributed by atoms with E-state index in [1.165, 1.54) is 0 Å². The lowest BCUT2D eigenvalue weighted by Gasteiger charge is -2.25. The quantitative estimate of drug-likeness (QED) is 0.0500. The van der Waals surface area contributed by atoms with E-state index in [0.717, 1.165) is 0 Å². The topological polar surface area (TPSA) is 300 Å². The number of carbonyl (C=O) groups excluding carboxylic acids is 3. The summed E-state index contributed by atoms with van der Waals surface area (Å²) in [5, 5.41) is 26.1. The standard InChI is InChI=1S/C20H40N10O6/c1-10(2)14(21)17(34)28-11(5-3-7-26-19(22)23)15(32)30-13(9-31)16(33)29-12(18(35)36)6-4-8-27-20(24)25/h10-14,31H,3-9,21H2,1-2H3,(H,28,34)(H,29,33)(H,30,32)(H,35,36)(H4,22,23,26)(H4,24,25,27). The molecular formula is C20H40N10O6. The van der Waals surface area contributed by atoms with E-state index in [-0.39, 0.29) is 50.2 Å². The van der Waals surface area contributed by atoms with Crippen molar-refractivity contribution >= 4 is 35.6 Å². The number of carbonyl (C=O) groups is 4. The first-order chi connectivity index (χ1) is 16.8. The van der Waals surface area contributed by atoms with Crippen LogP contribution in [0, 0.1) is 5.92 Å². The van der Waals surface area contributed by atoms with Crippen molar-refractivity contribution in [2.75, 3.05) is 19.7 Å². The number of aliphatic carboxylic acids is 1. The molecule has 0 radical (unpaired) electrons. The van der Waals surface area contributed by atoms with Crippen LogP contribution in [0.2, 0.25) is 0 Å². The number of carboxylic acid groups (broad SMARTS) is 1. The van der Waals surface area contributed by atoms with Gasteiger partial charge in [-0.05, 0) is 31.6 Å². The maximum absolute atomic E-state index is 12.9. The predicted molar refractivity (Wildman–Crippen MR) is 133 cm³/mol. The molecule has 0 aromatic heterocycles. The second kappa shape index (κ2) is 16.9. The number of nitrogens with one attached hydrogen (secondary N) is 3. The Morgan fingerprint density at radius 2 is 1.17 bits per heavy atom. The Morgan fingerprint density at radius 3 is 1.58 bits per heavy atom. The number of nitrogens with zero attached hydrogens (tertiary/aromatic N) is 2. The molecule has 0 aliphatic rings. The highest BCUT2D eigenvalue weighted by Gasteiger charge is 2.30. The molecule has 0 spiro atoms. The summed E-state index contributed by atoms with van der Waals surface area (Å²) in [6.45, 7) is 2.99. The number of hydrogen-bond donors (Lipinski definition) is 10. The van der Waals surface area contributed by atoms with Crippen molar-refractivity contribution in [2.45, 2.75) is 63.7 Å². The predicted octanol–water partition coefficient (Wildman–Crippen LogP) is -4.39. The molecule has 36 heavy (non-hydrogen) atoms.